The van der Waals surface area contributed by atoms with Crippen molar-refractivity contribution in [3.05, 3.63) is 70.5 Å². The number of carbonyl (C=O) groups excluding carboxylic acids is 1. The van der Waals surface area contributed by atoms with E-state index in [4.69, 9.17) is 4.42 Å². The fraction of sp³-hybridized carbons (Fsp3) is 0.211. The van der Waals surface area contributed by atoms with E-state index < -0.39 is 0 Å². The molecule has 0 aliphatic rings. The van der Waals surface area contributed by atoms with Crippen LogP contribution in [-0.2, 0) is 6.42 Å². The number of aryl methyl sites for hydroxylation is 1. The highest BCUT2D eigenvalue weighted by molar-refractivity contribution is 9.10. The first kappa shape index (κ1) is 17.4. The van der Waals surface area contributed by atoms with Crippen LogP contribution in [0.25, 0.3) is 11.5 Å². The first-order chi connectivity index (χ1) is 12.1. The zero-order valence-electron chi connectivity index (χ0n) is 13.8. The number of rotatable bonds is 6. The molecular weight excluding hydrogens is 382 g/mol. The summed E-state index contributed by atoms with van der Waals surface area (Å²) in [7, 11) is 0. The molecule has 0 radical (unpaired) electrons. The molecule has 3 aromatic rings. The molecule has 0 saturated heterocycles. The molecule has 6 heteroatoms. The van der Waals surface area contributed by atoms with E-state index >= 15 is 0 Å². The highest BCUT2D eigenvalue weighted by Crippen LogP contribution is 2.21. The van der Waals surface area contributed by atoms with Gasteiger partial charge < -0.3 is 9.73 Å². The Hall–Kier alpha value is -2.47. The van der Waals surface area contributed by atoms with Gasteiger partial charge in [-0.2, -0.15) is 0 Å². The lowest BCUT2D eigenvalue weighted by Crippen LogP contribution is -2.33. The quantitative estimate of drug-likeness (QED) is 0.672. The van der Waals surface area contributed by atoms with Gasteiger partial charge in [0.25, 0.3) is 0 Å². The Morgan fingerprint density at radius 1 is 1.16 bits per heavy atom. The van der Waals surface area contributed by atoms with Crippen LogP contribution in [0.15, 0.2) is 63.5 Å². The molecule has 0 saturated carbocycles. The second-order valence-electron chi connectivity index (χ2n) is 5.82. The van der Waals surface area contributed by atoms with Crippen molar-refractivity contribution < 1.29 is 9.21 Å². The third-order valence-electron chi connectivity index (χ3n) is 3.78. The monoisotopic (exact) mass is 399 g/mol. The zero-order valence-corrected chi connectivity index (χ0v) is 15.4. The minimum Gasteiger partial charge on any atom is -0.412 e. The Labute approximate surface area is 154 Å². The van der Waals surface area contributed by atoms with Gasteiger partial charge in [0, 0.05) is 16.1 Å². The van der Waals surface area contributed by atoms with E-state index in [1.165, 1.54) is 5.56 Å². The van der Waals surface area contributed by atoms with E-state index in [-0.39, 0.29) is 17.8 Å². The van der Waals surface area contributed by atoms with Crippen LogP contribution in [0.5, 0.6) is 0 Å². The van der Waals surface area contributed by atoms with Crippen molar-refractivity contribution in [2.45, 2.75) is 25.8 Å². The molecule has 0 fully saturated rings. The molecule has 0 spiro atoms. The van der Waals surface area contributed by atoms with Crippen molar-refractivity contribution in [3.8, 4) is 11.5 Å². The average Bonchev–Trinajstić information content (AvgIpc) is 3.11. The number of hydrogen-bond acceptors (Lipinski definition) is 4. The summed E-state index contributed by atoms with van der Waals surface area (Å²) >= 11 is 3.40. The predicted octanol–water partition coefficient (Wildman–Crippen LogP) is 4.25. The molecule has 25 heavy (non-hydrogen) atoms. The van der Waals surface area contributed by atoms with Gasteiger partial charge in [-0.15, -0.1) is 10.2 Å². The number of aromatic nitrogens is 2. The fourth-order valence-electron chi connectivity index (χ4n) is 2.44. The number of nitrogens with zero attached hydrogens (tertiary/aromatic N) is 2. The third kappa shape index (κ3) is 4.76. The molecule has 3 rings (SSSR count). The topological polar surface area (TPSA) is 68.0 Å². The summed E-state index contributed by atoms with van der Waals surface area (Å²) in [4.78, 5) is 12.3. The lowest BCUT2D eigenvalue weighted by molar-refractivity contribution is 0.0904. The number of carbonyl (C=O) groups is 1. The molecule has 5 nitrogen and oxygen atoms in total. The van der Waals surface area contributed by atoms with E-state index in [1.54, 1.807) is 0 Å². The Morgan fingerprint density at radius 3 is 2.72 bits per heavy atom. The molecule has 1 aromatic heterocycles. The van der Waals surface area contributed by atoms with Crippen LogP contribution >= 0.6 is 15.9 Å². The van der Waals surface area contributed by atoms with Crippen LogP contribution < -0.4 is 5.32 Å². The SMILES string of the molecule is C[C@H](CCc1ccccc1)NC(=O)c1nnc(-c2cccc(Br)c2)o1. The van der Waals surface area contributed by atoms with E-state index in [1.807, 2.05) is 49.4 Å². The number of benzene rings is 2. The van der Waals surface area contributed by atoms with Gasteiger partial charge in [0.05, 0.1) is 0 Å². The molecule has 0 aliphatic carbocycles. The molecule has 1 amide bonds. The molecular formula is C19H18BrN3O2. The number of halogens is 1. The summed E-state index contributed by atoms with van der Waals surface area (Å²) in [6, 6.07) is 17.7. The van der Waals surface area contributed by atoms with Gasteiger partial charge in [0.15, 0.2) is 0 Å². The molecule has 0 unspecified atom stereocenters. The standard InChI is InChI=1S/C19H18BrN3O2/c1-13(10-11-14-6-3-2-4-7-14)21-17(24)19-23-22-18(25-19)15-8-5-9-16(20)12-15/h2-9,12-13H,10-11H2,1H3,(H,21,24)/t13-/m1/s1. The first-order valence-corrected chi connectivity index (χ1v) is 8.85. The number of amides is 1. The summed E-state index contributed by atoms with van der Waals surface area (Å²) in [5, 5.41) is 10.7. The molecule has 0 aliphatic heterocycles. The Balaban J connectivity index is 1.58. The van der Waals surface area contributed by atoms with E-state index in [0.717, 1.165) is 22.9 Å². The largest absolute Gasteiger partial charge is 0.412 e. The van der Waals surface area contributed by atoms with Crippen LogP contribution in [0.3, 0.4) is 0 Å². The summed E-state index contributed by atoms with van der Waals surface area (Å²) in [5.74, 6) is -0.0563. The van der Waals surface area contributed by atoms with Crippen molar-refractivity contribution in [2.24, 2.45) is 0 Å². The fourth-order valence-corrected chi connectivity index (χ4v) is 2.84. The minimum absolute atomic E-state index is 0.00826. The van der Waals surface area contributed by atoms with E-state index in [9.17, 15) is 4.79 Å². The zero-order chi connectivity index (χ0) is 17.6. The van der Waals surface area contributed by atoms with Crippen molar-refractivity contribution in [1.82, 2.24) is 15.5 Å². The van der Waals surface area contributed by atoms with Crippen LogP contribution in [0.4, 0.5) is 0 Å². The highest BCUT2D eigenvalue weighted by Gasteiger charge is 2.17. The summed E-state index contributed by atoms with van der Waals surface area (Å²) in [5.41, 5.74) is 2.01. The van der Waals surface area contributed by atoms with Gasteiger partial charge in [-0.05, 0) is 43.5 Å². The summed E-state index contributed by atoms with van der Waals surface area (Å²) in [6.45, 7) is 1.96. The number of hydrogen-bond donors (Lipinski definition) is 1. The van der Waals surface area contributed by atoms with Crippen molar-refractivity contribution >= 4 is 21.8 Å². The number of nitrogens with one attached hydrogen (secondary N) is 1. The van der Waals surface area contributed by atoms with Crippen LogP contribution in [-0.4, -0.2) is 22.1 Å². The third-order valence-corrected chi connectivity index (χ3v) is 4.27. The second kappa shape index (κ2) is 8.07. The van der Waals surface area contributed by atoms with Gasteiger partial charge in [-0.3, -0.25) is 4.79 Å². The van der Waals surface area contributed by atoms with Gasteiger partial charge in [0.2, 0.25) is 5.89 Å². The highest BCUT2D eigenvalue weighted by atomic mass is 79.9. The smallest absolute Gasteiger partial charge is 0.309 e. The maximum Gasteiger partial charge on any atom is 0.309 e. The van der Waals surface area contributed by atoms with Crippen LogP contribution in [0.1, 0.15) is 29.6 Å². The van der Waals surface area contributed by atoms with Gasteiger partial charge in [0.1, 0.15) is 0 Å². The maximum absolute atomic E-state index is 12.3. The molecule has 1 N–H and O–H groups in total. The normalized spacial score (nSPS) is 11.9. The van der Waals surface area contributed by atoms with Crippen molar-refractivity contribution in [1.29, 1.82) is 0 Å². The summed E-state index contributed by atoms with van der Waals surface area (Å²) < 4.78 is 6.40. The van der Waals surface area contributed by atoms with Gasteiger partial charge in [-0.25, -0.2) is 0 Å². The lowest BCUT2D eigenvalue weighted by Gasteiger charge is -2.12. The Bertz CT molecular complexity index is 849. The molecule has 0 bridgehead atoms. The summed E-state index contributed by atoms with van der Waals surface area (Å²) in [6.07, 6.45) is 1.73. The average molecular weight is 400 g/mol. The molecule has 1 atom stereocenters. The van der Waals surface area contributed by atoms with Crippen LogP contribution in [0, 0.1) is 0 Å². The minimum atomic E-state index is -0.352. The molecule has 1 heterocycles. The van der Waals surface area contributed by atoms with E-state index in [0.29, 0.717) is 5.89 Å². The lowest BCUT2D eigenvalue weighted by atomic mass is 10.1. The van der Waals surface area contributed by atoms with Gasteiger partial charge in [-0.1, -0.05) is 52.3 Å². The van der Waals surface area contributed by atoms with Crippen molar-refractivity contribution in [3.63, 3.8) is 0 Å². The second-order valence-corrected chi connectivity index (χ2v) is 6.74. The predicted molar refractivity (Wildman–Crippen MR) is 99.1 cm³/mol. The van der Waals surface area contributed by atoms with E-state index in [2.05, 4.69) is 43.6 Å². The molecule has 128 valence electrons. The maximum atomic E-state index is 12.3. The molecule has 2 aromatic carbocycles. The van der Waals surface area contributed by atoms with Gasteiger partial charge >= 0.3 is 11.8 Å². The van der Waals surface area contributed by atoms with Crippen LogP contribution in [0.2, 0.25) is 0 Å². The Kier molecular flexibility index (Phi) is 5.60. The Morgan fingerprint density at radius 2 is 1.96 bits per heavy atom. The first-order valence-electron chi connectivity index (χ1n) is 8.06. The van der Waals surface area contributed by atoms with Crippen molar-refractivity contribution in [2.75, 3.05) is 0 Å².